The molecule has 0 aromatic heterocycles. The topological polar surface area (TPSA) is 78.4 Å². The molecule has 1 heterocycles. The summed E-state index contributed by atoms with van der Waals surface area (Å²) in [6.45, 7) is 0. The summed E-state index contributed by atoms with van der Waals surface area (Å²) in [7, 11) is 1.69. The molecule has 1 aliphatic heterocycles. The van der Waals surface area contributed by atoms with Crippen LogP contribution in [0.3, 0.4) is 0 Å². The maximum absolute atomic E-state index is 9.43. The zero-order valence-corrected chi connectivity index (χ0v) is 18.5. The van der Waals surface area contributed by atoms with Gasteiger partial charge in [-0.2, -0.15) is 15.5 Å². The summed E-state index contributed by atoms with van der Waals surface area (Å²) in [4.78, 5) is 4.23. The van der Waals surface area contributed by atoms with Crippen LogP contribution in [0.15, 0.2) is 65.7 Å². The van der Waals surface area contributed by atoms with E-state index in [2.05, 4.69) is 23.2 Å². The Bertz CT molecular complexity index is 1350. The Balaban J connectivity index is 1.54. The third kappa shape index (κ3) is 3.95. The highest BCUT2D eigenvalue weighted by Gasteiger charge is 2.41. The SMILES string of the molecule is COc1ccc2c(c1)CCCC1(CC(=NC#N)c3cc(-c4cccc(C#N)c4)ccc3O1)C2. The maximum atomic E-state index is 9.43. The number of nitriles is 2. The van der Waals surface area contributed by atoms with E-state index in [-0.39, 0.29) is 0 Å². The largest absolute Gasteiger partial charge is 0.497 e. The van der Waals surface area contributed by atoms with E-state index < -0.39 is 5.60 Å². The monoisotopic (exact) mass is 433 g/mol. The van der Waals surface area contributed by atoms with E-state index in [9.17, 15) is 10.5 Å². The van der Waals surface area contributed by atoms with Crippen LogP contribution in [0.2, 0.25) is 0 Å². The maximum Gasteiger partial charge on any atom is 0.205 e. The highest BCUT2D eigenvalue weighted by Crippen LogP contribution is 2.42. The fourth-order valence-corrected chi connectivity index (χ4v) is 5.03. The minimum absolute atomic E-state index is 0.426. The summed E-state index contributed by atoms with van der Waals surface area (Å²) in [6, 6.07) is 21.9. The van der Waals surface area contributed by atoms with Gasteiger partial charge in [-0.3, -0.25) is 0 Å². The molecule has 5 nitrogen and oxygen atoms in total. The second kappa shape index (κ2) is 8.45. The van der Waals surface area contributed by atoms with E-state index in [1.165, 1.54) is 11.1 Å². The van der Waals surface area contributed by atoms with Crippen LogP contribution in [0.25, 0.3) is 11.1 Å². The van der Waals surface area contributed by atoms with E-state index in [4.69, 9.17) is 9.47 Å². The van der Waals surface area contributed by atoms with Gasteiger partial charge in [0.15, 0.2) is 0 Å². The molecule has 1 unspecified atom stereocenters. The summed E-state index contributed by atoms with van der Waals surface area (Å²) in [6.07, 6.45) is 6.21. The fraction of sp³-hybridized carbons (Fsp3) is 0.250. The van der Waals surface area contributed by atoms with Crippen LogP contribution in [0.1, 0.15) is 41.5 Å². The Hall–Kier alpha value is -4.09. The Labute approximate surface area is 193 Å². The van der Waals surface area contributed by atoms with Gasteiger partial charge < -0.3 is 9.47 Å². The molecular formula is C28H23N3O2. The minimum atomic E-state index is -0.426. The van der Waals surface area contributed by atoms with Crippen LogP contribution in [0.5, 0.6) is 11.5 Å². The second-order valence-corrected chi connectivity index (χ2v) is 8.69. The molecule has 5 heteroatoms. The third-order valence-electron chi connectivity index (χ3n) is 6.62. The molecule has 0 bridgehead atoms. The molecule has 0 saturated heterocycles. The van der Waals surface area contributed by atoms with Crippen molar-refractivity contribution in [1.29, 1.82) is 10.5 Å². The van der Waals surface area contributed by atoms with Crippen molar-refractivity contribution in [2.24, 2.45) is 4.99 Å². The quantitative estimate of drug-likeness (QED) is 0.493. The number of nitrogens with zero attached hydrogens (tertiary/aromatic N) is 3. The van der Waals surface area contributed by atoms with Crippen molar-refractivity contribution < 1.29 is 9.47 Å². The molecule has 3 aromatic rings. The van der Waals surface area contributed by atoms with Gasteiger partial charge in [0.1, 0.15) is 17.1 Å². The second-order valence-electron chi connectivity index (χ2n) is 8.69. The molecule has 33 heavy (non-hydrogen) atoms. The van der Waals surface area contributed by atoms with Crippen molar-refractivity contribution >= 4 is 5.71 Å². The van der Waals surface area contributed by atoms with Crippen LogP contribution < -0.4 is 9.47 Å². The van der Waals surface area contributed by atoms with E-state index in [0.29, 0.717) is 12.0 Å². The molecule has 0 radical (unpaired) electrons. The number of rotatable bonds is 2. The number of ether oxygens (including phenoxy) is 2. The first kappa shape index (κ1) is 20.8. The molecular weight excluding hydrogens is 410 g/mol. The summed E-state index contributed by atoms with van der Waals surface area (Å²) >= 11 is 0. The molecule has 5 rings (SSSR count). The van der Waals surface area contributed by atoms with Gasteiger partial charge >= 0.3 is 0 Å². The van der Waals surface area contributed by atoms with Crippen molar-refractivity contribution in [3.63, 3.8) is 0 Å². The van der Waals surface area contributed by atoms with Crippen molar-refractivity contribution in [1.82, 2.24) is 0 Å². The van der Waals surface area contributed by atoms with Crippen LogP contribution >= 0.6 is 0 Å². The van der Waals surface area contributed by atoms with E-state index >= 15 is 0 Å². The minimum Gasteiger partial charge on any atom is -0.497 e. The lowest BCUT2D eigenvalue weighted by molar-refractivity contribution is 0.0619. The Morgan fingerprint density at radius 1 is 0.970 bits per heavy atom. The standard InChI is InChI=1S/C28H23N3O2/c1-32-24-9-7-23-15-28(11-3-6-21(23)13-24)16-26(31-18-30)25-14-22(8-10-27(25)33-28)20-5-2-4-19(12-20)17-29/h2,4-5,7-10,12-14H,3,6,11,15-16H2,1H3. The van der Waals surface area contributed by atoms with Gasteiger partial charge in [-0.1, -0.05) is 24.3 Å². The number of hydrogen-bond donors (Lipinski definition) is 0. The van der Waals surface area contributed by atoms with Crippen molar-refractivity contribution in [3.05, 3.63) is 82.9 Å². The number of methoxy groups -OCH3 is 1. The number of fused-ring (bicyclic) bond motifs is 2. The fourth-order valence-electron chi connectivity index (χ4n) is 5.03. The van der Waals surface area contributed by atoms with Crippen LogP contribution in [0, 0.1) is 22.8 Å². The molecule has 1 aliphatic carbocycles. The summed E-state index contributed by atoms with van der Waals surface area (Å²) in [5, 5.41) is 18.7. The highest BCUT2D eigenvalue weighted by molar-refractivity contribution is 6.06. The molecule has 2 aliphatic rings. The van der Waals surface area contributed by atoms with Crippen LogP contribution in [-0.2, 0) is 12.8 Å². The molecule has 1 spiro atoms. The first-order valence-electron chi connectivity index (χ1n) is 11.1. The number of aliphatic imine (C=N–C) groups is 1. The Kier molecular flexibility index (Phi) is 5.32. The average Bonchev–Trinajstić information content (AvgIpc) is 3.02. The van der Waals surface area contributed by atoms with Crippen molar-refractivity contribution in [2.75, 3.05) is 7.11 Å². The van der Waals surface area contributed by atoms with Gasteiger partial charge in [0, 0.05) is 18.4 Å². The lowest BCUT2D eigenvalue weighted by Gasteiger charge is -2.39. The molecule has 162 valence electrons. The normalized spacial score (nSPS) is 20.0. The molecule has 1 atom stereocenters. The van der Waals surface area contributed by atoms with Gasteiger partial charge in [0.25, 0.3) is 0 Å². The number of benzene rings is 3. The van der Waals surface area contributed by atoms with Gasteiger partial charge in [-0.25, -0.2) is 0 Å². The molecule has 0 N–H and O–H groups in total. The third-order valence-corrected chi connectivity index (χ3v) is 6.62. The van der Waals surface area contributed by atoms with Crippen molar-refractivity contribution in [3.8, 4) is 34.9 Å². The van der Waals surface area contributed by atoms with Crippen LogP contribution in [-0.4, -0.2) is 18.4 Å². The molecule has 0 saturated carbocycles. The smallest absolute Gasteiger partial charge is 0.205 e. The number of hydrogen-bond acceptors (Lipinski definition) is 5. The molecule has 3 aromatic carbocycles. The number of aryl methyl sites for hydroxylation is 1. The van der Waals surface area contributed by atoms with Gasteiger partial charge in [0.2, 0.25) is 6.19 Å². The predicted octanol–water partition coefficient (Wildman–Crippen LogP) is 5.60. The lowest BCUT2D eigenvalue weighted by Crippen LogP contribution is -2.44. The Morgan fingerprint density at radius 2 is 1.85 bits per heavy atom. The zero-order valence-electron chi connectivity index (χ0n) is 18.5. The van der Waals surface area contributed by atoms with Gasteiger partial charge in [-0.15, -0.1) is 0 Å². The van der Waals surface area contributed by atoms with Gasteiger partial charge in [0.05, 0.1) is 24.5 Å². The predicted molar refractivity (Wildman–Crippen MR) is 126 cm³/mol. The van der Waals surface area contributed by atoms with E-state index in [0.717, 1.165) is 59.6 Å². The average molecular weight is 434 g/mol. The van der Waals surface area contributed by atoms with Gasteiger partial charge in [-0.05, 0) is 77.9 Å². The van der Waals surface area contributed by atoms with Crippen LogP contribution in [0.4, 0.5) is 0 Å². The zero-order chi connectivity index (χ0) is 22.8. The first-order valence-corrected chi connectivity index (χ1v) is 11.1. The van der Waals surface area contributed by atoms with E-state index in [1.54, 1.807) is 13.2 Å². The van der Waals surface area contributed by atoms with Crippen molar-refractivity contribution in [2.45, 2.75) is 37.7 Å². The highest BCUT2D eigenvalue weighted by atomic mass is 16.5. The first-order chi connectivity index (χ1) is 16.1. The molecule has 0 fully saturated rings. The summed E-state index contributed by atoms with van der Waals surface area (Å²) in [5.74, 6) is 1.63. The van der Waals surface area contributed by atoms with E-state index in [1.807, 2.05) is 48.7 Å². The lowest BCUT2D eigenvalue weighted by atomic mass is 9.82. The summed E-state index contributed by atoms with van der Waals surface area (Å²) < 4.78 is 12.1. The molecule has 0 amide bonds. The summed E-state index contributed by atoms with van der Waals surface area (Å²) in [5.41, 5.74) is 6.27. The Morgan fingerprint density at radius 3 is 2.67 bits per heavy atom.